The molecule has 3 rings (SSSR count). The second-order valence-electron chi connectivity index (χ2n) is 4.78. The number of hydrogen-bond acceptors (Lipinski definition) is 4. The third-order valence-electron chi connectivity index (χ3n) is 3.46. The zero-order valence-electron chi connectivity index (χ0n) is 12.3. The van der Waals surface area contributed by atoms with Crippen LogP contribution < -0.4 is 9.47 Å². The van der Waals surface area contributed by atoms with E-state index in [1.165, 1.54) is 0 Å². The number of H-pyrrole nitrogens is 1. The number of hydrogen-bond donors (Lipinski definition) is 2. The van der Waals surface area contributed by atoms with Gasteiger partial charge in [0.25, 0.3) is 0 Å². The molecule has 0 atom stereocenters. The molecule has 0 saturated carbocycles. The molecule has 5 heteroatoms. The molecule has 0 aliphatic carbocycles. The maximum atomic E-state index is 10.1. The number of aromatic amines is 1. The number of aromatic hydroxyl groups is 1. The number of rotatable bonds is 4. The van der Waals surface area contributed by atoms with Gasteiger partial charge in [0, 0.05) is 17.2 Å². The van der Waals surface area contributed by atoms with Crippen molar-refractivity contribution in [2.75, 3.05) is 14.2 Å². The summed E-state index contributed by atoms with van der Waals surface area (Å²) in [6, 6.07) is 14.7. The van der Waals surface area contributed by atoms with Crippen LogP contribution in [0.15, 0.2) is 48.5 Å². The van der Waals surface area contributed by atoms with E-state index < -0.39 is 0 Å². The normalized spacial score (nSPS) is 10.5. The lowest BCUT2D eigenvalue weighted by Crippen LogP contribution is -1.84. The standard InChI is InChI=1S/C17H16N2O3/c1-21-12-5-3-11(4-6-12)15-10-16(19-18-15)14-8-7-13(22-2)9-17(14)20/h3-10,20H,1-2H3,(H,18,19). The molecule has 0 unspecified atom stereocenters. The van der Waals surface area contributed by atoms with Crippen LogP contribution in [0.25, 0.3) is 22.5 Å². The maximum Gasteiger partial charge on any atom is 0.128 e. The van der Waals surface area contributed by atoms with E-state index >= 15 is 0 Å². The van der Waals surface area contributed by atoms with E-state index in [4.69, 9.17) is 9.47 Å². The smallest absolute Gasteiger partial charge is 0.128 e. The Morgan fingerprint density at radius 2 is 1.59 bits per heavy atom. The van der Waals surface area contributed by atoms with E-state index in [2.05, 4.69) is 10.2 Å². The number of aromatic nitrogens is 2. The summed E-state index contributed by atoms with van der Waals surface area (Å²) in [7, 11) is 3.19. The molecule has 22 heavy (non-hydrogen) atoms. The van der Waals surface area contributed by atoms with E-state index in [-0.39, 0.29) is 5.75 Å². The fourth-order valence-electron chi connectivity index (χ4n) is 2.24. The van der Waals surface area contributed by atoms with Gasteiger partial charge in [-0.1, -0.05) is 0 Å². The van der Waals surface area contributed by atoms with Gasteiger partial charge < -0.3 is 14.6 Å². The lowest BCUT2D eigenvalue weighted by atomic mass is 10.1. The highest BCUT2D eigenvalue weighted by Crippen LogP contribution is 2.33. The van der Waals surface area contributed by atoms with Crippen LogP contribution in [0.5, 0.6) is 17.2 Å². The first-order valence-electron chi connectivity index (χ1n) is 6.78. The summed E-state index contributed by atoms with van der Waals surface area (Å²) >= 11 is 0. The van der Waals surface area contributed by atoms with Gasteiger partial charge in [-0.15, -0.1) is 0 Å². The van der Waals surface area contributed by atoms with Crippen LogP contribution in [0, 0.1) is 0 Å². The van der Waals surface area contributed by atoms with Gasteiger partial charge in [-0.05, 0) is 42.5 Å². The van der Waals surface area contributed by atoms with Crippen LogP contribution in [0.3, 0.4) is 0 Å². The number of phenols is 1. The monoisotopic (exact) mass is 296 g/mol. The Labute approximate surface area is 128 Å². The maximum absolute atomic E-state index is 10.1. The van der Waals surface area contributed by atoms with E-state index in [1.807, 2.05) is 30.3 Å². The molecule has 0 aliphatic rings. The van der Waals surface area contributed by atoms with Crippen molar-refractivity contribution in [2.24, 2.45) is 0 Å². The largest absolute Gasteiger partial charge is 0.507 e. The van der Waals surface area contributed by atoms with Crippen molar-refractivity contribution in [1.82, 2.24) is 10.2 Å². The van der Waals surface area contributed by atoms with Crippen molar-refractivity contribution in [3.63, 3.8) is 0 Å². The molecule has 0 aliphatic heterocycles. The fourth-order valence-corrected chi connectivity index (χ4v) is 2.24. The van der Waals surface area contributed by atoms with E-state index in [0.29, 0.717) is 11.3 Å². The van der Waals surface area contributed by atoms with Crippen molar-refractivity contribution >= 4 is 0 Å². The van der Waals surface area contributed by atoms with Crippen LogP contribution in [0.2, 0.25) is 0 Å². The van der Waals surface area contributed by atoms with Crippen molar-refractivity contribution in [2.45, 2.75) is 0 Å². The summed E-state index contributed by atoms with van der Waals surface area (Å²) in [5, 5.41) is 17.3. The Kier molecular flexibility index (Phi) is 3.70. The van der Waals surface area contributed by atoms with Gasteiger partial charge >= 0.3 is 0 Å². The fraction of sp³-hybridized carbons (Fsp3) is 0.118. The first kappa shape index (κ1) is 14.0. The Bertz CT molecular complexity index is 779. The predicted octanol–water partition coefficient (Wildman–Crippen LogP) is 3.47. The number of benzene rings is 2. The average Bonchev–Trinajstić information content (AvgIpc) is 3.04. The summed E-state index contributed by atoms with van der Waals surface area (Å²) in [6.07, 6.45) is 0. The Hall–Kier alpha value is -2.95. The molecule has 5 nitrogen and oxygen atoms in total. The molecule has 0 spiro atoms. The van der Waals surface area contributed by atoms with Crippen LogP contribution >= 0.6 is 0 Å². The topological polar surface area (TPSA) is 67.4 Å². The molecule has 0 fully saturated rings. The Morgan fingerprint density at radius 3 is 2.23 bits per heavy atom. The van der Waals surface area contributed by atoms with E-state index in [9.17, 15) is 5.11 Å². The summed E-state index contributed by atoms with van der Waals surface area (Å²) in [5.74, 6) is 1.55. The molecule has 2 aromatic carbocycles. The first-order valence-corrected chi connectivity index (χ1v) is 6.78. The highest BCUT2D eigenvalue weighted by Gasteiger charge is 2.10. The van der Waals surface area contributed by atoms with Crippen molar-refractivity contribution in [1.29, 1.82) is 0 Å². The third kappa shape index (κ3) is 2.61. The highest BCUT2D eigenvalue weighted by molar-refractivity contribution is 5.72. The van der Waals surface area contributed by atoms with Gasteiger partial charge in [-0.3, -0.25) is 5.10 Å². The minimum Gasteiger partial charge on any atom is -0.507 e. The molecule has 3 aromatic rings. The minimum absolute atomic E-state index is 0.143. The first-order chi connectivity index (χ1) is 10.7. The summed E-state index contributed by atoms with van der Waals surface area (Å²) in [4.78, 5) is 0. The van der Waals surface area contributed by atoms with E-state index in [0.717, 1.165) is 22.7 Å². The molecule has 0 radical (unpaired) electrons. The van der Waals surface area contributed by atoms with Gasteiger partial charge in [0.2, 0.25) is 0 Å². The number of ether oxygens (including phenoxy) is 2. The van der Waals surface area contributed by atoms with Gasteiger partial charge in [0.15, 0.2) is 0 Å². The van der Waals surface area contributed by atoms with Crippen LogP contribution in [-0.2, 0) is 0 Å². The Balaban J connectivity index is 1.93. The molecule has 2 N–H and O–H groups in total. The zero-order chi connectivity index (χ0) is 15.5. The van der Waals surface area contributed by atoms with Gasteiger partial charge in [-0.25, -0.2) is 0 Å². The predicted molar refractivity (Wildman–Crippen MR) is 84.2 cm³/mol. The number of methoxy groups -OCH3 is 2. The van der Waals surface area contributed by atoms with Crippen LogP contribution in [0.4, 0.5) is 0 Å². The van der Waals surface area contributed by atoms with Crippen molar-refractivity contribution in [3.8, 4) is 39.8 Å². The minimum atomic E-state index is 0.143. The number of phenolic OH excluding ortho intramolecular Hbond substituents is 1. The summed E-state index contributed by atoms with van der Waals surface area (Å²) in [6.45, 7) is 0. The Morgan fingerprint density at radius 1 is 0.909 bits per heavy atom. The molecule has 112 valence electrons. The number of nitrogens with zero attached hydrogens (tertiary/aromatic N) is 1. The van der Waals surface area contributed by atoms with Crippen LogP contribution in [-0.4, -0.2) is 29.5 Å². The molecular weight excluding hydrogens is 280 g/mol. The average molecular weight is 296 g/mol. The molecule has 0 bridgehead atoms. The van der Waals surface area contributed by atoms with Gasteiger partial charge in [0.1, 0.15) is 17.2 Å². The van der Waals surface area contributed by atoms with Crippen molar-refractivity contribution < 1.29 is 14.6 Å². The third-order valence-corrected chi connectivity index (χ3v) is 3.46. The van der Waals surface area contributed by atoms with Gasteiger partial charge in [-0.2, -0.15) is 5.10 Å². The van der Waals surface area contributed by atoms with Gasteiger partial charge in [0.05, 0.1) is 25.6 Å². The van der Waals surface area contributed by atoms with Crippen LogP contribution in [0.1, 0.15) is 0 Å². The molecule has 1 aromatic heterocycles. The molecule has 1 heterocycles. The second-order valence-corrected chi connectivity index (χ2v) is 4.78. The molecular formula is C17H16N2O3. The molecule has 0 saturated heterocycles. The lowest BCUT2D eigenvalue weighted by Gasteiger charge is -2.04. The quantitative estimate of drug-likeness (QED) is 0.773. The summed E-state index contributed by atoms with van der Waals surface area (Å²) in [5.41, 5.74) is 3.18. The summed E-state index contributed by atoms with van der Waals surface area (Å²) < 4.78 is 10.2. The second kappa shape index (κ2) is 5.81. The van der Waals surface area contributed by atoms with Crippen molar-refractivity contribution in [3.05, 3.63) is 48.5 Å². The zero-order valence-corrected chi connectivity index (χ0v) is 12.3. The highest BCUT2D eigenvalue weighted by atomic mass is 16.5. The van der Waals surface area contributed by atoms with E-state index in [1.54, 1.807) is 32.4 Å². The SMILES string of the molecule is COc1ccc(-c2cc(-c3ccc(OC)cc3O)[nH]n2)cc1. The lowest BCUT2D eigenvalue weighted by molar-refractivity contribution is 0.408. The number of nitrogens with one attached hydrogen (secondary N) is 1. The molecule has 0 amide bonds.